The highest BCUT2D eigenvalue weighted by Gasteiger charge is 2.05. The standard InChI is InChI=1S/C19H15N5O/c25-18(21-13-17-23-22-16-8-1-2-12-24(16)17)10-9-15-6-3-5-14-7-4-11-20-19(14)15/h1-12H,13H2,(H,21,25)/b10-9+. The predicted molar refractivity (Wildman–Crippen MR) is 95.6 cm³/mol. The van der Waals surface area contributed by atoms with Gasteiger partial charge in [0.25, 0.3) is 0 Å². The number of rotatable bonds is 4. The van der Waals surface area contributed by atoms with Gasteiger partial charge in [-0.3, -0.25) is 14.2 Å². The number of aromatic nitrogens is 4. The molecule has 0 saturated heterocycles. The smallest absolute Gasteiger partial charge is 0.244 e. The van der Waals surface area contributed by atoms with Crippen molar-refractivity contribution in [1.82, 2.24) is 24.9 Å². The number of para-hydroxylation sites is 1. The summed E-state index contributed by atoms with van der Waals surface area (Å²) < 4.78 is 1.85. The van der Waals surface area contributed by atoms with Crippen LogP contribution in [-0.2, 0) is 11.3 Å². The SMILES string of the molecule is O=C(/C=C/c1cccc2cccnc12)NCc1nnc2ccccn12. The highest BCUT2D eigenvalue weighted by atomic mass is 16.1. The maximum Gasteiger partial charge on any atom is 0.244 e. The van der Waals surface area contributed by atoms with E-state index >= 15 is 0 Å². The average molecular weight is 329 g/mol. The van der Waals surface area contributed by atoms with E-state index < -0.39 is 0 Å². The van der Waals surface area contributed by atoms with Gasteiger partial charge in [0.1, 0.15) is 0 Å². The number of amides is 1. The molecule has 0 atom stereocenters. The molecular formula is C19H15N5O. The molecule has 25 heavy (non-hydrogen) atoms. The first kappa shape index (κ1) is 15.0. The van der Waals surface area contributed by atoms with E-state index in [0.717, 1.165) is 22.1 Å². The molecule has 1 aromatic carbocycles. The summed E-state index contributed by atoms with van der Waals surface area (Å²) in [6, 6.07) is 15.4. The molecule has 0 aliphatic rings. The van der Waals surface area contributed by atoms with Gasteiger partial charge in [-0.1, -0.05) is 30.3 Å². The van der Waals surface area contributed by atoms with E-state index in [1.165, 1.54) is 6.08 Å². The summed E-state index contributed by atoms with van der Waals surface area (Å²) in [6.45, 7) is 0.308. The molecule has 6 heteroatoms. The van der Waals surface area contributed by atoms with E-state index in [9.17, 15) is 4.79 Å². The maximum absolute atomic E-state index is 12.1. The van der Waals surface area contributed by atoms with E-state index in [2.05, 4.69) is 20.5 Å². The molecule has 0 aliphatic heterocycles. The fourth-order valence-electron chi connectivity index (χ4n) is 2.66. The number of pyridine rings is 2. The second-order valence-corrected chi connectivity index (χ2v) is 5.52. The summed E-state index contributed by atoms with van der Waals surface area (Å²) in [5, 5.41) is 12.0. The largest absolute Gasteiger partial charge is 0.345 e. The zero-order valence-corrected chi connectivity index (χ0v) is 13.3. The van der Waals surface area contributed by atoms with Crippen molar-refractivity contribution in [2.24, 2.45) is 0 Å². The van der Waals surface area contributed by atoms with E-state index in [1.54, 1.807) is 12.3 Å². The Bertz CT molecular complexity index is 1080. The van der Waals surface area contributed by atoms with Gasteiger partial charge >= 0.3 is 0 Å². The van der Waals surface area contributed by atoms with Crippen molar-refractivity contribution in [3.05, 3.63) is 78.4 Å². The second kappa shape index (κ2) is 6.52. The van der Waals surface area contributed by atoms with Crippen LogP contribution in [-0.4, -0.2) is 25.5 Å². The van der Waals surface area contributed by atoms with Crippen molar-refractivity contribution in [3.8, 4) is 0 Å². The number of nitrogens with zero attached hydrogens (tertiary/aromatic N) is 4. The second-order valence-electron chi connectivity index (χ2n) is 5.52. The number of carbonyl (C=O) groups excluding carboxylic acids is 1. The number of benzene rings is 1. The van der Waals surface area contributed by atoms with E-state index in [4.69, 9.17) is 0 Å². The van der Waals surface area contributed by atoms with Crippen LogP contribution in [0.5, 0.6) is 0 Å². The first-order valence-corrected chi connectivity index (χ1v) is 7.89. The minimum Gasteiger partial charge on any atom is -0.345 e. The van der Waals surface area contributed by atoms with Crippen molar-refractivity contribution in [2.75, 3.05) is 0 Å². The van der Waals surface area contributed by atoms with E-state index in [1.807, 2.05) is 59.1 Å². The lowest BCUT2D eigenvalue weighted by molar-refractivity contribution is -0.116. The normalized spacial score (nSPS) is 11.4. The summed E-state index contributed by atoms with van der Waals surface area (Å²) in [4.78, 5) is 16.5. The molecule has 0 saturated carbocycles. The summed E-state index contributed by atoms with van der Waals surface area (Å²) in [6.07, 6.45) is 6.89. The third kappa shape index (κ3) is 3.10. The number of hydrogen-bond acceptors (Lipinski definition) is 4. The number of carbonyl (C=O) groups is 1. The van der Waals surface area contributed by atoms with Crippen molar-refractivity contribution < 1.29 is 4.79 Å². The third-order valence-electron chi connectivity index (χ3n) is 3.88. The Morgan fingerprint density at radius 1 is 1.08 bits per heavy atom. The average Bonchev–Trinajstić information content (AvgIpc) is 3.08. The molecule has 0 radical (unpaired) electrons. The van der Waals surface area contributed by atoms with Crippen LogP contribution in [0.4, 0.5) is 0 Å². The third-order valence-corrected chi connectivity index (χ3v) is 3.88. The van der Waals surface area contributed by atoms with Gasteiger partial charge in [-0.25, -0.2) is 0 Å². The monoisotopic (exact) mass is 329 g/mol. The maximum atomic E-state index is 12.1. The van der Waals surface area contributed by atoms with Crippen LogP contribution in [0.25, 0.3) is 22.6 Å². The molecule has 0 aliphatic carbocycles. The lowest BCUT2D eigenvalue weighted by Gasteiger charge is -2.02. The summed E-state index contributed by atoms with van der Waals surface area (Å²) >= 11 is 0. The molecule has 0 unspecified atom stereocenters. The van der Waals surface area contributed by atoms with Gasteiger partial charge in [-0.05, 0) is 24.3 Å². The molecule has 4 aromatic rings. The molecule has 4 rings (SSSR count). The Balaban J connectivity index is 1.47. The summed E-state index contributed by atoms with van der Waals surface area (Å²) in [7, 11) is 0. The Hall–Kier alpha value is -3.54. The van der Waals surface area contributed by atoms with Crippen LogP contribution < -0.4 is 5.32 Å². The van der Waals surface area contributed by atoms with Crippen molar-refractivity contribution >= 4 is 28.5 Å². The molecule has 0 spiro atoms. The Labute approximate surface area is 143 Å². The molecule has 1 amide bonds. The first-order valence-electron chi connectivity index (χ1n) is 7.89. The lowest BCUT2D eigenvalue weighted by atomic mass is 10.1. The van der Waals surface area contributed by atoms with Crippen molar-refractivity contribution in [3.63, 3.8) is 0 Å². The van der Waals surface area contributed by atoms with Crippen LogP contribution in [0, 0.1) is 0 Å². The molecule has 122 valence electrons. The Kier molecular flexibility index (Phi) is 3.92. The number of fused-ring (bicyclic) bond motifs is 2. The molecule has 1 N–H and O–H groups in total. The van der Waals surface area contributed by atoms with Gasteiger partial charge in [0.2, 0.25) is 5.91 Å². The van der Waals surface area contributed by atoms with Gasteiger partial charge in [0, 0.05) is 29.4 Å². The van der Waals surface area contributed by atoms with Gasteiger partial charge < -0.3 is 5.32 Å². The van der Waals surface area contributed by atoms with Gasteiger partial charge in [-0.15, -0.1) is 10.2 Å². The van der Waals surface area contributed by atoms with Crippen molar-refractivity contribution in [2.45, 2.75) is 6.54 Å². The first-order chi connectivity index (χ1) is 12.3. The van der Waals surface area contributed by atoms with Crippen LogP contribution in [0.1, 0.15) is 11.4 Å². The molecule has 3 heterocycles. The van der Waals surface area contributed by atoms with E-state index in [-0.39, 0.29) is 5.91 Å². The van der Waals surface area contributed by atoms with E-state index in [0.29, 0.717) is 12.4 Å². The molecule has 6 nitrogen and oxygen atoms in total. The zero-order chi connectivity index (χ0) is 17.1. The van der Waals surface area contributed by atoms with Gasteiger partial charge in [-0.2, -0.15) is 0 Å². The summed E-state index contributed by atoms with van der Waals surface area (Å²) in [5.74, 6) is 0.491. The van der Waals surface area contributed by atoms with Crippen LogP contribution in [0.3, 0.4) is 0 Å². The summed E-state index contributed by atoms with van der Waals surface area (Å²) in [5.41, 5.74) is 2.53. The number of nitrogens with one attached hydrogen (secondary N) is 1. The molecule has 0 bridgehead atoms. The van der Waals surface area contributed by atoms with Gasteiger partial charge in [0.05, 0.1) is 12.1 Å². The minimum absolute atomic E-state index is 0.194. The highest BCUT2D eigenvalue weighted by molar-refractivity contribution is 5.95. The Morgan fingerprint density at radius 2 is 2.00 bits per heavy atom. The zero-order valence-electron chi connectivity index (χ0n) is 13.3. The van der Waals surface area contributed by atoms with Crippen LogP contribution >= 0.6 is 0 Å². The number of hydrogen-bond donors (Lipinski definition) is 1. The van der Waals surface area contributed by atoms with Crippen molar-refractivity contribution in [1.29, 1.82) is 0 Å². The molecular weight excluding hydrogens is 314 g/mol. The van der Waals surface area contributed by atoms with Crippen LogP contribution in [0.2, 0.25) is 0 Å². The molecule has 3 aromatic heterocycles. The Morgan fingerprint density at radius 3 is 2.96 bits per heavy atom. The fraction of sp³-hybridized carbons (Fsp3) is 0.0526. The molecule has 0 fully saturated rings. The lowest BCUT2D eigenvalue weighted by Crippen LogP contribution is -2.21. The fourth-order valence-corrected chi connectivity index (χ4v) is 2.66. The quantitative estimate of drug-likeness (QED) is 0.584. The van der Waals surface area contributed by atoms with Crippen LogP contribution in [0.15, 0.2) is 67.0 Å². The highest BCUT2D eigenvalue weighted by Crippen LogP contribution is 2.16. The minimum atomic E-state index is -0.194. The topological polar surface area (TPSA) is 72.2 Å². The predicted octanol–water partition coefficient (Wildman–Crippen LogP) is 2.61. The van der Waals surface area contributed by atoms with Gasteiger partial charge in [0.15, 0.2) is 11.5 Å².